The Balaban J connectivity index is 2.14. The van der Waals surface area contributed by atoms with Gasteiger partial charge in [-0.2, -0.15) is 0 Å². The van der Waals surface area contributed by atoms with E-state index in [1.54, 1.807) is 0 Å². The summed E-state index contributed by atoms with van der Waals surface area (Å²) in [6.07, 6.45) is 1.07. The van der Waals surface area contributed by atoms with Crippen LogP contribution in [0, 0.1) is 29.1 Å². The molecule has 0 bridgehead atoms. The van der Waals surface area contributed by atoms with Crippen molar-refractivity contribution in [1.82, 2.24) is 0 Å². The van der Waals surface area contributed by atoms with Crippen molar-refractivity contribution in [2.75, 3.05) is 0 Å². The van der Waals surface area contributed by atoms with E-state index in [2.05, 4.69) is 94.5 Å². The smallest absolute Gasteiger partial charge is 0.0196 e. The molecule has 4 rings (SSSR count). The summed E-state index contributed by atoms with van der Waals surface area (Å²) in [5.41, 5.74) is 15.6. The lowest BCUT2D eigenvalue weighted by Crippen LogP contribution is -2.58. The van der Waals surface area contributed by atoms with Crippen LogP contribution >= 0.6 is 0 Å². The number of rotatable bonds is 2. The highest BCUT2D eigenvalue weighted by atomic mass is 14.7. The van der Waals surface area contributed by atoms with E-state index in [0.29, 0.717) is 11.8 Å². The average Bonchev–Trinajstić information content (AvgIpc) is 2.73. The molecule has 0 saturated heterocycles. The number of hydrogen-bond donors (Lipinski definition) is 0. The quantitative estimate of drug-likeness (QED) is 0.419. The summed E-state index contributed by atoms with van der Waals surface area (Å²) >= 11 is 0. The predicted octanol–water partition coefficient (Wildman–Crippen LogP) is 10.00. The standard InChI is InChI=1S/C34H44/c1-18(2)27-16-15-20(5)29-22(7)31-25(10)34(14)24(9)28(19(3)4)21(6)17-32(34,12)26(11)33(31,13)23(8)30(27)29/h15-16,23,26H,1,3,7,9,17H2,2,4-6,8,10-14H3/t23-,26+,32+,33-,34-/m1/s1. The van der Waals surface area contributed by atoms with Crippen LogP contribution in [0.15, 0.2) is 71.9 Å². The molecule has 0 amide bonds. The minimum atomic E-state index is -0.144. The molecule has 180 valence electrons. The second kappa shape index (κ2) is 7.33. The third-order valence-corrected chi connectivity index (χ3v) is 10.9. The van der Waals surface area contributed by atoms with Crippen molar-refractivity contribution in [2.24, 2.45) is 22.2 Å². The molecule has 0 fully saturated rings. The Morgan fingerprint density at radius 2 is 1.53 bits per heavy atom. The van der Waals surface area contributed by atoms with Crippen molar-refractivity contribution in [2.45, 2.75) is 81.6 Å². The van der Waals surface area contributed by atoms with Crippen LogP contribution in [-0.2, 0) is 0 Å². The van der Waals surface area contributed by atoms with E-state index < -0.39 is 0 Å². The number of allylic oxidation sites excluding steroid dienone is 8. The molecule has 0 nitrogen and oxygen atoms in total. The molecule has 1 aromatic carbocycles. The van der Waals surface area contributed by atoms with Gasteiger partial charge in [0.25, 0.3) is 0 Å². The topological polar surface area (TPSA) is 0 Å². The third kappa shape index (κ3) is 2.61. The van der Waals surface area contributed by atoms with Crippen LogP contribution in [0.3, 0.4) is 0 Å². The molecule has 0 spiro atoms. The zero-order valence-corrected chi connectivity index (χ0v) is 23.3. The molecule has 0 unspecified atom stereocenters. The Morgan fingerprint density at radius 3 is 2.06 bits per heavy atom. The minimum absolute atomic E-state index is 0.0261. The van der Waals surface area contributed by atoms with Gasteiger partial charge in [-0.15, -0.1) is 0 Å². The Hall–Kier alpha value is -2.34. The molecule has 0 N–H and O–H groups in total. The number of hydrogen-bond acceptors (Lipinski definition) is 0. The maximum atomic E-state index is 4.80. The van der Waals surface area contributed by atoms with Crippen LogP contribution in [-0.4, -0.2) is 0 Å². The molecule has 0 aliphatic heterocycles. The lowest BCUT2D eigenvalue weighted by molar-refractivity contribution is -0.0261. The van der Waals surface area contributed by atoms with Crippen molar-refractivity contribution in [3.05, 3.63) is 94.1 Å². The molecule has 5 atom stereocenters. The predicted molar refractivity (Wildman–Crippen MR) is 151 cm³/mol. The van der Waals surface area contributed by atoms with E-state index >= 15 is 0 Å². The van der Waals surface area contributed by atoms with Gasteiger partial charge in [-0.05, 0) is 103 Å². The number of aryl methyl sites for hydroxylation is 1. The van der Waals surface area contributed by atoms with Gasteiger partial charge in [-0.1, -0.05) is 95.4 Å². The summed E-state index contributed by atoms with van der Waals surface area (Å²) < 4.78 is 0. The summed E-state index contributed by atoms with van der Waals surface area (Å²) in [6.45, 7) is 41.9. The molecule has 0 saturated carbocycles. The van der Waals surface area contributed by atoms with E-state index in [9.17, 15) is 0 Å². The number of benzene rings is 1. The molecule has 34 heavy (non-hydrogen) atoms. The summed E-state index contributed by atoms with van der Waals surface area (Å²) in [7, 11) is 0. The van der Waals surface area contributed by atoms with E-state index in [1.165, 1.54) is 55.7 Å². The Morgan fingerprint density at radius 1 is 0.941 bits per heavy atom. The Bertz CT molecular complexity index is 1260. The molecule has 1 aromatic rings. The van der Waals surface area contributed by atoms with E-state index in [-0.39, 0.29) is 16.2 Å². The summed E-state index contributed by atoms with van der Waals surface area (Å²) in [5.74, 6) is 0.793. The van der Waals surface area contributed by atoms with E-state index in [1.807, 2.05) is 0 Å². The third-order valence-electron chi connectivity index (χ3n) is 10.9. The maximum Gasteiger partial charge on any atom is 0.0196 e. The largest absolute Gasteiger partial charge is 0.0955 e. The molecule has 0 heteroatoms. The van der Waals surface area contributed by atoms with E-state index in [0.717, 1.165) is 17.6 Å². The summed E-state index contributed by atoms with van der Waals surface area (Å²) in [6, 6.07) is 4.53. The Kier molecular flexibility index (Phi) is 5.34. The zero-order chi connectivity index (χ0) is 25.7. The fourth-order valence-corrected chi connectivity index (χ4v) is 8.58. The fourth-order valence-electron chi connectivity index (χ4n) is 8.58. The Labute approximate surface area is 208 Å². The first-order chi connectivity index (χ1) is 15.6. The van der Waals surface area contributed by atoms with E-state index in [4.69, 9.17) is 13.2 Å². The molecule has 0 radical (unpaired) electrons. The van der Waals surface area contributed by atoms with Gasteiger partial charge in [0.1, 0.15) is 0 Å². The van der Waals surface area contributed by atoms with Crippen molar-refractivity contribution in [3.8, 4) is 0 Å². The van der Waals surface area contributed by atoms with Gasteiger partial charge in [0.05, 0.1) is 0 Å². The van der Waals surface area contributed by atoms with Crippen LogP contribution in [0.5, 0.6) is 0 Å². The van der Waals surface area contributed by atoms with Crippen molar-refractivity contribution < 1.29 is 0 Å². The van der Waals surface area contributed by atoms with Crippen LogP contribution in [0.25, 0.3) is 11.1 Å². The second-order valence-electron chi connectivity index (χ2n) is 12.3. The van der Waals surface area contributed by atoms with Gasteiger partial charge in [-0.3, -0.25) is 0 Å². The highest BCUT2D eigenvalue weighted by Gasteiger charge is 2.65. The van der Waals surface area contributed by atoms with Gasteiger partial charge in [-0.25, -0.2) is 0 Å². The lowest BCUT2D eigenvalue weighted by atomic mass is 9.36. The fraction of sp³-hybridized carbons (Fsp3) is 0.471. The van der Waals surface area contributed by atoms with Crippen LogP contribution in [0.1, 0.15) is 96.9 Å². The lowest BCUT2D eigenvalue weighted by Gasteiger charge is -2.67. The zero-order valence-electron chi connectivity index (χ0n) is 23.3. The first-order valence-electron chi connectivity index (χ1n) is 12.8. The maximum absolute atomic E-state index is 4.80. The van der Waals surface area contributed by atoms with Crippen LogP contribution in [0.2, 0.25) is 0 Å². The summed E-state index contributed by atoms with van der Waals surface area (Å²) in [5, 5.41) is 0. The molecule has 0 aromatic heterocycles. The molecule has 0 heterocycles. The van der Waals surface area contributed by atoms with Gasteiger partial charge in [0.15, 0.2) is 0 Å². The first-order valence-corrected chi connectivity index (χ1v) is 12.8. The van der Waals surface area contributed by atoms with Crippen LogP contribution in [0.4, 0.5) is 0 Å². The number of fused-ring (bicyclic) bond motifs is 3. The average molecular weight is 453 g/mol. The molecular formula is C34H44. The monoisotopic (exact) mass is 452 g/mol. The highest BCUT2D eigenvalue weighted by Crippen LogP contribution is 2.74. The van der Waals surface area contributed by atoms with Gasteiger partial charge in [0.2, 0.25) is 0 Å². The van der Waals surface area contributed by atoms with Crippen molar-refractivity contribution >= 4 is 11.1 Å². The highest BCUT2D eigenvalue weighted by molar-refractivity contribution is 5.90. The minimum Gasteiger partial charge on any atom is -0.0955 e. The van der Waals surface area contributed by atoms with Crippen molar-refractivity contribution in [3.63, 3.8) is 0 Å². The van der Waals surface area contributed by atoms with Gasteiger partial charge in [0, 0.05) is 10.8 Å². The normalized spacial score (nSPS) is 35.1. The van der Waals surface area contributed by atoms with Gasteiger partial charge < -0.3 is 0 Å². The van der Waals surface area contributed by atoms with Crippen molar-refractivity contribution in [1.29, 1.82) is 0 Å². The molecule has 3 aliphatic rings. The molecular weight excluding hydrogens is 408 g/mol. The SMILES string of the molecule is C=C(C)C1=C(C)C[C@@]2(C)[C@H](C)[C@]3(C)C(=C(C)[C@@]2(C)C1=C)C(=C)c1c(C)ccc(C(=C)C)c1[C@H]3C. The van der Waals surface area contributed by atoms with Crippen LogP contribution < -0.4 is 0 Å². The van der Waals surface area contributed by atoms with Gasteiger partial charge >= 0.3 is 0 Å². The molecule has 3 aliphatic carbocycles. The second-order valence-corrected chi connectivity index (χ2v) is 12.3. The summed E-state index contributed by atoms with van der Waals surface area (Å²) in [4.78, 5) is 0. The first kappa shape index (κ1) is 24.8.